The number of pyridine rings is 2. The molecule has 0 bridgehead atoms. The average molecular weight is 303 g/mol. The van der Waals surface area contributed by atoms with Crippen LogP contribution in [0.1, 0.15) is 34.8 Å². The Bertz CT molecular complexity index is 662. The van der Waals surface area contributed by atoms with Gasteiger partial charge in [-0.3, -0.25) is 9.78 Å². The summed E-state index contributed by atoms with van der Waals surface area (Å²) in [5, 5.41) is 0.446. The largest absolute Gasteiger partial charge is 0.366 e. The third kappa shape index (κ3) is 2.69. The molecule has 2 aromatic rings. The zero-order valence-electron chi connectivity index (χ0n) is 11.4. The van der Waals surface area contributed by atoms with Gasteiger partial charge in [-0.15, -0.1) is 0 Å². The van der Waals surface area contributed by atoms with Crippen LogP contribution in [0.4, 0.5) is 5.82 Å². The minimum atomic E-state index is -0.527. The molecule has 108 valence electrons. The molecule has 0 spiro atoms. The van der Waals surface area contributed by atoms with Crippen LogP contribution in [0.3, 0.4) is 0 Å². The van der Waals surface area contributed by atoms with E-state index < -0.39 is 5.91 Å². The Labute approximate surface area is 127 Å². The summed E-state index contributed by atoms with van der Waals surface area (Å²) in [6, 6.07) is 5.77. The zero-order chi connectivity index (χ0) is 14.8. The van der Waals surface area contributed by atoms with E-state index in [1.165, 1.54) is 6.20 Å². The first-order valence-corrected chi connectivity index (χ1v) is 7.16. The molecular formula is C15H15ClN4O. The van der Waals surface area contributed by atoms with Crippen LogP contribution in [-0.4, -0.2) is 22.4 Å². The third-order valence-corrected chi connectivity index (χ3v) is 3.98. The molecule has 0 aromatic carbocycles. The van der Waals surface area contributed by atoms with Crippen molar-refractivity contribution < 1.29 is 4.79 Å². The molecule has 1 aliphatic rings. The molecule has 0 radical (unpaired) electrons. The SMILES string of the molecule is NC(=O)c1cnc(N2CCC[C@H]2c2cccnc2)c(Cl)c1. The van der Waals surface area contributed by atoms with Gasteiger partial charge in [0.15, 0.2) is 0 Å². The van der Waals surface area contributed by atoms with Crippen molar-refractivity contribution in [2.24, 2.45) is 5.73 Å². The molecule has 1 saturated heterocycles. The molecule has 1 aliphatic heterocycles. The number of carbonyl (C=O) groups excluding carboxylic acids is 1. The van der Waals surface area contributed by atoms with Crippen LogP contribution >= 0.6 is 11.6 Å². The maximum absolute atomic E-state index is 11.2. The van der Waals surface area contributed by atoms with E-state index in [4.69, 9.17) is 17.3 Å². The van der Waals surface area contributed by atoms with Crippen molar-refractivity contribution in [3.8, 4) is 0 Å². The number of primary amides is 1. The highest BCUT2D eigenvalue weighted by molar-refractivity contribution is 6.33. The van der Waals surface area contributed by atoms with Crippen LogP contribution in [0.5, 0.6) is 0 Å². The number of carbonyl (C=O) groups is 1. The summed E-state index contributed by atoms with van der Waals surface area (Å²) in [6.45, 7) is 0.877. The minimum Gasteiger partial charge on any atom is -0.366 e. The molecule has 2 N–H and O–H groups in total. The van der Waals surface area contributed by atoms with Crippen molar-refractivity contribution in [2.45, 2.75) is 18.9 Å². The van der Waals surface area contributed by atoms with Crippen LogP contribution < -0.4 is 10.6 Å². The van der Waals surface area contributed by atoms with Gasteiger partial charge in [0.1, 0.15) is 5.82 Å². The van der Waals surface area contributed by atoms with E-state index in [0.29, 0.717) is 16.4 Å². The smallest absolute Gasteiger partial charge is 0.250 e. The molecule has 21 heavy (non-hydrogen) atoms. The molecule has 3 heterocycles. The molecule has 1 fully saturated rings. The van der Waals surface area contributed by atoms with E-state index >= 15 is 0 Å². The quantitative estimate of drug-likeness (QED) is 0.946. The summed E-state index contributed by atoms with van der Waals surface area (Å²) in [5.74, 6) is 0.161. The van der Waals surface area contributed by atoms with E-state index in [9.17, 15) is 4.79 Å². The van der Waals surface area contributed by atoms with Gasteiger partial charge in [0.25, 0.3) is 0 Å². The topological polar surface area (TPSA) is 72.1 Å². The number of aromatic nitrogens is 2. The number of anilines is 1. The van der Waals surface area contributed by atoms with Gasteiger partial charge in [-0.25, -0.2) is 4.98 Å². The number of rotatable bonds is 3. The number of halogens is 1. The molecule has 5 nitrogen and oxygen atoms in total. The fourth-order valence-corrected chi connectivity index (χ4v) is 2.99. The predicted octanol–water partition coefficient (Wildman–Crippen LogP) is 2.57. The number of nitrogens with two attached hydrogens (primary N) is 1. The van der Waals surface area contributed by atoms with Gasteiger partial charge < -0.3 is 10.6 Å². The molecule has 0 saturated carbocycles. The monoisotopic (exact) mass is 302 g/mol. The van der Waals surface area contributed by atoms with Crippen molar-refractivity contribution >= 4 is 23.3 Å². The molecule has 6 heteroatoms. The summed E-state index contributed by atoms with van der Waals surface area (Å²) in [7, 11) is 0. The number of hydrogen-bond donors (Lipinski definition) is 1. The molecule has 2 aromatic heterocycles. The Kier molecular flexibility index (Phi) is 3.75. The van der Waals surface area contributed by atoms with Gasteiger partial charge in [-0.2, -0.15) is 0 Å². The highest BCUT2D eigenvalue weighted by Gasteiger charge is 2.28. The third-order valence-electron chi connectivity index (χ3n) is 3.70. The second-order valence-electron chi connectivity index (χ2n) is 5.03. The van der Waals surface area contributed by atoms with Crippen molar-refractivity contribution in [3.05, 3.63) is 52.9 Å². The molecule has 0 unspecified atom stereocenters. The second kappa shape index (κ2) is 5.69. The number of nitrogens with zero attached hydrogens (tertiary/aromatic N) is 3. The highest BCUT2D eigenvalue weighted by atomic mass is 35.5. The van der Waals surface area contributed by atoms with E-state index in [-0.39, 0.29) is 6.04 Å². The van der Waals surface area contributed by atoms with Crippen LogP contribution in [0.15, 0.2) is 36.8 Å². The number of hydrogen-bond acceptors (Lipinski definition) is 4. The van der Waals surface area contributed by atoms with Gasteiger partial charge in [0, 0.05) is 25.1 Å². The Morgan fingerprint density at radius 1 is 1.43 bits per heavy atom. The second-order valence-corrected chi connectivity index (χ2v) is 5.44. The Balaban J connectivity index is 1.94. The number of amides is 1. The first-order valence-electron chi connectivity index (χ1n) is 6.78. The zero-order valence-corrected chi connectivity index (χ0v) is 12.1. The first-order chi connectivity index (χ1) is 10.2. The van der Waals surface area contributed by atoms with E-state index in [1.54, 1.807) is 12.3 Å². The van der Waals surface area contributed by atoms with Crippen molar-refractivity contribution in [1.29, 1.82) is 0 Å². The molecular weight excluding hydrogens is 288 g/mol. The van der Waals surface area contributed by atoms with Gasteiger partial charge >= 0.3 is 0 Å². The summed E-state index contributed by atoms with van der Waals surface area (Å²) >= 11 is 6.28. The summed E-state index contributed by atoms with van der Waals surface area (Å²) in [6.07, 6.45) is 7.20. The van der Waals surface area contributed by atoms with Crippen molar-refractivity contribution in [1.82, 2.24) is 9.97 Å². The van der Waals surface area contributed by atoms with Gasteiger partial charge in [-0.1, -0.05) is 17.7 Å². The Hall–Kier alpha value is -2.14. The maximum Gasteiger partial charge on any atom is 0.250 e. The lowest BCUT2D eigenvalue weighted by Gasteiger charge is -2.26. The lowest BCUT2D eigenvalue weighted by Crippen LogP contribution is -2.24. The van der Waals surface area contributed by atoms with Gasteiger partial charge in [0.05, 0.1) is 16.6 Å². The van der Waals surface area contributed by atoms with Crippen molar-refractivity contribution in [3.63, 3.8) is 0 Å². The standard InChI is InChI=1S/C15H15ClN4O/c16-12-7-11(14(17)21)9-19-15(12)20-6-2-4-13(20)10-3-1-5-18-8-10/h1,3,5,7-9,13H,2,4,6H2,(H2,17,21)/t13-/m0/s1. The fourth-order valence-electron chi connectivity index (χ4n) is 2.72. The predicted molar refractivity (Wildman–Crippen MR) is 81.3 cm³/mol. The van der Waals surface area contributed by atoms with Gasteiger partial charge in [0.2, 0.25) is 5.91 Å². The highest BCUT2D eigenvalue weighted by Crippen LogP contribution is 2.37. The van der Waals surface area contributed by atoms with Crippen LogP contribution in [0, 0.1) is 0 Å². The van der Waals surface area contributed by atoms with Crippen LogP contribution in [-0.2, 0) is 0 Å². The first kappa shape index (κ1) is 13.8. The maximum atomic E-state index is 11.2. The van der Waals surface area contributed by atoms with Crippen molar-refractivity contribution in [2.75, 3.05) is 11.4 Å². The summed E-state index contributed by atoms with van der Waals surface area (Å²) < 4.78 is 0. The molecule has 1 amide bonds. The van der Waals surface area contributed by atoms with E-state index in [2.05, 4.69) is 20.9 Å². The normalized spacial score (nSPS) is 18.0. The van der Waals surface area contributed by atoms with Crippen LogP contribution in [0.2, 0.25) is 5.02 Å². The Morgan fingerprint density at radius 3 is 2.95 bits per heavy atom. The van der Waals surface area contributed by atoms with E-state index in [1.807, 2.05) is 12.3 Å². The van der Waals surface area contributed by atoms with E-state index in [0.717, 1.165) is 24.9 Å². The lowest BCUT2D eigenvalue weighted by atomic mass is 10.1. The van der Waals surface area contributed by atoms with Crippen LogP contribution in [0.25, 0.3) is 0 Å². The molecule has 3 rings (SSSR count). The molecule has 1 atom stereocenters. The van der Waals surface area contributed by atoms with Gasteiger partial charge in [-0.05, 0) is 30.5 Å². The molecule has 0 aliphatic carbocycles. The minimum absolute atomic E-state index is 0.211. The summed E-state index contributed by atoms with van der Waals surface area (Å²) in [4.78, 5) is 21.8. The summed E-state index contributed by atoms with van der Waals surface area (Å²) in [5.41, 5.74) is 6.71. The average Bonchev–Trinajstić information content (AvgIpc) is 2.97. The lowest BCUT2D eigenvalue weighted by molar-refractivity contribution is 0.1000. The Morgan fingerprint density at radius 2 is 2.29 bits per heavy atom. The fraction of sp³-hybridized carbons (Fsp3) is 0.267.